The summed E-state index contributed by atoms with van der Waals surface area (Å²) in [7, 11) is 0. The van der Waals surface area contributed by atoms with Crippen LogP contribution in [0.25, 0.3) is 6.08 Å². The Balaban J connectivity index is 1.99. The minimum atomic E-state index is -0.794. The highest BCUT2D eigenvalue weighted by Gasteiger charge is 2.31. The van der Waals surface area contributed by atoms with E-state index in [0.717, 1.165) is 37.0 Å². The van der Waals surface area contributed by atoms with Gasteiger partial charge >= 0.3 is 5.97 Å². The number of benzene rings is 1. The van der Waals surface area contributed by atoms with Gasteiger partial charge in [-0.1, -0.05) is 62.7 Å². The zero-order valence-corrected chi connectivity index (χ0v) is 20.6. The zero-order valence-electron chi connectivity index (χ0n) is 18.9. The Labute approximate surface area is 200 Å². The number of carbonyl (C=O) groups excluding carboxylic acids is 1. The molecule has 1 fully saturated rings. The number of ether oxygens (including phenoxy) is 2. The molecule has 1 aliphatic rings. The highest BCUT2D eigenvalue weighted by atomic mass is 32.2. The largest absolute Gasteiger partial charge is 0.490 e. The van der Waals surface area contributed by atoms with Crippen molar-refractivity contribution >= 4 is 46.3 Å². The van der Waals surface area contributed by atoms with Gasteiger partial charge in [0.05, 0.1) is 18.1 Å². The van der Waals surface area contributed by atoms with Crippen LogP contribution >= 0.6 is 24.0 Å². The van der Waals surface area contributed by atoms with Crippen LogP contribution in [-0.2, 0) is 9.59 Å². The maximum atomic E-state index is 12.8. The molecule has 176 valence electrons. The zero-order chi connectivity index (χ0) is 23.3. The van der Waals surface area contributed by atoms with E-state index in [0.29, 0.717) is 41.2 Å². The van der Waals surface area contributed by atoms with Gasteiger partial charge in [-0.05, 0) is 50.0 Å². The average Bonchev–Trinajstić information content (AvgIpc) is 3.02. The van der Waals surface area contributed by atoms with Gasteiger partial charge in [0.15, 0.2) is 11.5 Å². The van der Waals surface area contributed by atoms with Crippen molar-refractivity contribution in [2.75, 3.05) is 19.8 Å². The summed E-state index contributed by atoms with van der Waals surface area (Å²) in [6, 6.07) is 5.70. The van der Waals surface area contributed by atoms with Crippen LogP contribution in [0.2, 0.25) is 0 Å². The van der Waals surface area contributed by atoms with Crippen LogP contribution in [0, 0.1) is 0 Å². The minimum absolute atomic E-state index is 0.104. The molecular formula is C24H33NO5S2. The van der Waals surface area contributed by atoms with Crippen molar-refractivity contribution in [1.29, 1.82) is 0 Å². The van der Waals surface area contributed by atoms with Gasteiger partial charge in [0.25, 0.3) is 5.91 Å². The van der Waals surface area contributed by atoms with E-state index in [4.69, 9.17) is 26.8 Å². The Morgan fingerprint density at radius 1 is 1.09 bits per heavy atom. The number of thioether (sulfide) groups is 1. The number of aliphatic carboxylic acids is 1. The number of hydrogen-bond acceptors (Lipinski definition) is 6. The smallest absolute Gasteiger partial charge is 0.303 e. The monoisotopic (exact) mass is 479 g/mol. The first-order valence-electron chi connectivity index (χ1n) is 11.3. The third kappa shape index (κ3) is 8.47. The molecule has 1 aromatic rings. The molecule has 0 atom stereocenters. The lowest BCUT2D eigenvalue weighted by molar-refractivity contribution is -0.137. The van der Waals surface area contributed by atoms with Gasteiger partial charge in [-0.3, -0.25) is 14.5 Å². The lowest BCUT2D eigenvalue weighted by atomic mass is 10.1. The van der Waals surface area contributed by atoms with E-state index in [1.165, 1.54) is 24.6 Å². The van der Waals surface area contributed by atoms with Crippen molar-refractivity contribution in [3.8, 4) is 11.5 Å². The number of nitrogens with zero attached hydrogens (tertiary/aromatic N) is 1. The highest BCUT2D eigenvalue weighted by molar-refractivity contribution is 8.26. The molecule has 1 amide bonds. The molecule has 1 N–H and O–H groups in total. The molecule has 0 radical (unpaired) electrons. The quantitative estimate of drug-likeness (QED) is 0.191. The second-order valence-electron chi connectivity index (χ2n) is 7.59. The van der Waals surface area contributed by atoms with Crippen molar-refractivity contribution in [2.24, 2.45) is 0 Å². The standard InChI is InChI=1S/C24H33NO5S2/c1-3-5-6-10-15-30-19-13-12-18(16-20(19)29-4-2)17-21-23(28)25(24(31)32-21)14-9-7-8-11-22(26)27/h12-13,16-17H,3-11,14-15H2,1-2H3,(H,26,27)/b21-17-. The Bertz CT molecular complexity index is 825. The predicted octanol–water partition coefficient (Wildman–Crippen LogP) is 5.89. The summed E-state index contributed by atoms with van der Waals surface area (Å²) in [4.78, 5) is 25.6. The summed E-state index contributed by atoms with van der Waals surface area (Å²) in [5.41, 5.74) is 0.855. The molecule has 0 spiro atoms. The summed E-state index contributed by atoms with van der Waals surface area (Å²) < 4.78 is 12.2. The first kappa shape index (κ1) is 26.2. The van der Waals surface area contributed by atoms with Crippen LogP contribution in [0.3, 0.4) is 0 Å². The van der Waals surface area contributed by atoms with Gasteiger partial charge < -0.3 is 14.6 Å². The van der Waals surface area contributed by atoms with E-state index in [1.54, 1.807) is 4.90 Å². The van der Waals surface area contributed by atoms with Gasteiger partial charge in [-0.15, -0.1) is 0 Å². The van der Waals surface area contributed by atoms with Crippen molar-refractivity contribution in [1.82, 2.24) is 4.90 Å². The number of thiocarbonyl (C=S) groups is 1. The van der Waals surface area contributed by atoms with Gasteiger partial charge in [0.1, 0.15) is 4.32 Å². The Kier molecular flexibility index (Phi) is 11.6. The van der Waals surface area contributed by atoms with Crippen LogP contribution in [-0.4, -0.2) is 46.0 Å². The number of carbonyl (C=O) groups is 2. The Morgan fingerprint density at radius 2 is 1.88 bits per heavy atom. The summed E-state index contributed by atoms with van der Waals surface area (Å²) in [6.45, 7) is 5.81. The molecule has 8 heteroatoms. The van der Waals surface area contributed by atoms with Gasteiger partial charge in [-0.25, -0.2) is 0 Å². The summed E-state index contributed by atoms with van der Waals surface area (Å²) in [5.74, 6) is 0.491. The first-order chi connectivity index (χ1) is 15.5. The third-order valence-corrected chi connectivity index (χ3v) is 6.34. The van der Waals surface area contributed by atoms with Gasteiger partial charge in [0, 0.05) is 13.0 Å². The molecule has 0 aromatic heterocycles. The molecule has 32 heavy (non-hydrogen) atoms. The number of unbranched alkanes of at least 4 members (excludes halogenated alkanes) is 5. The number of carboxylic acid groups (broad SMARTS) is 1. The molecule has 0 saturated carbocycles. The maximum Gasteiger partial charge on any atom is 0.303 e. The predicted molar refractivity (Wildman–Crippen MR) is 133 cm³/mol. The van der Waals surface area contributed by atoms with Crippen LogP contribution in [0.15, 0.2) is 23.1 Å². The van der Waals surface area contributed by atoms with E-state index in [1.807, 2.05) is 31.2 Å². The molecular weight excluding hydrogens is 446 g/mol. The van der Waals surface area contributed by atoms with Gasteiger partial charge in [-0.2, -0.15) is 0 Å². The second-order valence-corrected chi connectivity index (χ2v) is 9.26. The molecule has 1 aromatic carbocycles. The number of amides is 1. The molecule has 0 bridgehead atoms. The van der Waals surface area contributed by atoms with Crippen LogP contribution in [0.5, 0.6) is 11.5 Å². The Morgan fingerprint density at radius 3 is 2.59 bits per heavy atom. The second kappa shape index (κ2) is 14.2. The highest BCUT2D eigenvalue weighted by Crippen LogP contribution is 2.35. The fourth-order valence-electron chi connectivity index (χ4n) is 3.28. The lowest BCUT2D eigenvalue weighted by Gasteiger charge is -2.14. The minimum Gasteiger partial charge on any atom is -0.490 e. The number of rotatable bonds is 15. The van der Waals surface area contributed by atoms with Crippen molar-refractivity contribution < 1.29 is 24.2 Å². The van der Waals surface area contributed by atoms with E-state index < -0.39 is 5.97 Å². The molecule has 2 rings (SSSR count). The summed E-state index contributed by atoms with van der Waals surface area (Å²) in [5, 5.41) is 8.71. The normalized spacial score (nSPS) is 14.9. The number of hydrogen-bond donors (Lipinski definition) is 1. The number of carboxylic acids is 1. The summed E-state index contributed by atoms with van der Waals surface area (Å²) >= 11 is 6.68. The van der Waals surface area contributed by atoms with Crippen LogP contribution < -0.4 is 9.47 Å². The molecule has 1 saturated heterocycles. The van der Waals surface area contributed by atoms with E-state index >= 15 is 0 Å². The molecule has 0 unspecified atom stereocenters. The third-order valence-electron chi connectivity index (χ3n) is 4.97. The Hall–Kier alpha value is -2.06. The van der Waals surface area contributed by atoms with E-state index in [-0.39, 0.29) is 12.3 Å². The molecule has 6 nitrogen and oxygen atoms in total. The first-order valence-corrected chi connectivity index (χ1v) is 12.6. The van der Waals surface area contributed by atoms with E-state index in [2.05, 4.69) is 6.92 Å². The van der Waals surface area contributed by atoms with Crippen molar-refractivity contribution in [3.63, 3.8) is 0 Å². The summed E-state index contributed by atoms with van der Waals surface area (Å²) in [6.07, 6.45) is 8.63. The van der Waals surface area contributed by atoms with Crippen LogP contribution in [0.1, 0.15) is 70.8 Å². The average molecular weight is 480 g/mol. The topological polar surface area (TPSA) is 76.1 Å². The fraction of sp³-hybridized carbons (Fsp3) is 0.542. The molecule has 0 aliphatic carbocycles. The molecule has 1 aliphatic heterocycles. The molecule has 1 heterocycles. The maximum absolute atomic E-state index is 12.8. The van der Waals surface area contributed by atoms with Crippen molar-refractivity contribution in [2.45, 2.75) is 65.2 Å². The lowest BCUT2D eigenvalue weighted by Crippen LogP contribution is -2.29. The SMILES string of the molecule is CCCCCCOc1ccc(/C=C2\SC(=S)N(CCCCCC(=O)O)C2=O)cc1OCC. The van der Waals surface area contributed by atoms with Crippen molar-refractivity contribution in [3.05, 3.63) is 28.7 Å². The van der Waals surface area contributed by atoms with Gasteiger partial charge in [0.2, 0.25) is 0 Å². The fourth-order valence-corrected chi connectivity index (χ4v) is 4.59. The van der Waals surface area contributed by atoms with E-state index in [9.17, 15) is 9.59 Å². The van der Waals surface area contributed by atoms with Crippen LogP contribution in [0.4, 0.5) is 0 Å².